The second-order valence-electron chi connectivity index (χ2n) is 9.72. The van der Waals surface area contributed by atoms with Crippen molar-refractivity contribution in [2.75, 3.05) is 25.9 Å². The van der Waals surface area contributed by atoms with Crippen molar-refractivity contribution in [3.05, 3.63) is 68.5 Å². The van der Waals surface area contributed by atoms with Gasteiger partial charge in [0.25, 0.3) is 0 Å². The van der Waals surface area contributed by atoms with Gasteiger partial charge in [-0.3, -0.25) is 4.99 Å². The number of aliphatic hydroxyl groups excluding tert-OH is 1. The van der Waals surface area contributed by atoms with E-state index in [0.29, 0.717) is 38.6 Å². The lowest BCUT2D eigenvalue weighted by Crippen LogP contribution is -2.57. The van der Waals surface area contributed by atoms with Gasteiger partial charge in [0.05, 0.1) is 30.2 Å². The van der Waals surface area contributed by atoms with Gasteiger partial charge in [0.2, 0.25) is 5.00 Å². The van der Waals surface area contributed by atoms with E-state index in [1.54, 1.807) is 55.0 Å². The van der Waals surface area contributed by atoms with E-state index in [4.69, 9.17) is 11.6 Å². The van der Waals surface area contributed by atoms with E-state index in [1.165, 1.54) is 22.7 Å². The van der Waals surface area contributed by atoms with Crippen LogP contribution in [0.2, 0.25) is 5.02 Å². The zero-order chi connectivity index (χ0) is 27.8. The molecule has 206 valence electrons. The van der Waals surface area contributed by atoms with Gasteiger partial charge in [-0.1, -0.05) is 23.7 Å². The summed E-state index contributed by atoms with van der Waals surface area (Å²) >= 11 is 8.80. The first kappa shape index (κ1) is 28.1. The monoisotopic (exact) mass is 605 g/mol. The number of amides is 1. The lowest BCUT2D eigenvalue weighted by Gasteiger charge is -2.38. The summed E-state index contributed by atoms with van der Waals surface area (Å²) in [6, 6.07) is 10.2. The van der Waals surface area contributed by atoms with Crippen LogP contribution in [0.5, 0.6) is 0 Å². The number of halogens is 1. The van der Waals surface area contributed by atoms with Crippen molar-refractivity contribution < 1.29 is 18.3 Å². The summed E-state index contributed by atoms with van der Waals surface area (Å²) in [6.45, 7) is 1.10. The number of quaternary nitrogens is 1. The Morgan fingerprint density at radius 2 is 1.90 bits per heavy atom. The average molecular weight is 606 g/mol. The molecule has 1 amide bonds. The SMILES string of the molecule is CN=c1sc([N+]2(C(=O)CCS(=O)(=O)c3ccc4cc(Cl)ccc4c3)CCCCC2)c(C(O)c2nccs2)n1C. The summed E-state index contributed by atoms with van der Waals surface area (Å²) in [5.74, 6) is -0.458. The number of fused-ring (bicyclic) bond motifs is 1. The molecule has 0 bridgehead atoms. The van der Waals surface area contributed by atoms with E-state index in [2.05, 4.69) is 9.98 Å². The van der Waals surface area contributed by atoms with Crippen LogP contribution in [0.25, 0.3) is 10.8 Å². The first-order chi connectivity index (χ1) is 18.7. The van der Waals surface area contributed by atoms with Gasteiger partial charge < -0.3 is 9.67 Å². The van der Waals surface area contributed by atoms with Gasteiger partial charge in [0, 0.05) is 30.7 Å². The Bertz CT molecular complexity index is 1690. The number of benzene rings is 2. The number of hydrogen-bond donors (Lipinski definition) is 1. The number of nitrogens with zero attached hydrogens (tertiary/aromatic N) is 4. The predicted octanol–water partition coefficient (Wildman–Crippen LogP) is 4.84. The third-order valence-electron chi connectivity index (χ3n) is 7.35. The third-order valence-corrected chi connectivity index (χ3v) is 11.5. The normalized spacial score (nSPS) is 17.0. The van der Waals surface area contributed by atoms with Gasteiger partial charge in [0.1, 0.15) is 10.7 Å². The molecule has 0 radical (unpaired) electrons. The molecule has 1 N–H and O–H groups in total. The fraction of sp³-hybridized carbons (Fsp3) is 0.370. The number of carbonyl (C=O) groups excluding carboxylic acids is 1. The number of sulfone groups is 1. The van der Waals surface area contributed by atoms with Crippen molar-refractivity contribution in [3.8, 4) is 0 Å². The van der Waals surface area contributed by atoms with Crippen molar-refractivity contribution in [2.45, 2.75) is 36.7 Å². The van der Waals surface area contributed by atoms with E-state index < -0.39 is 15.9 Å². The average Bonchev–Trinajstić information content (AvgIpc) is 3.60. The summed E-state index contributed by atoms with van der Waals surface area (Å²) in [4.78, 5) is 23.6. The fourth-order valence-electron chi connectivity index (χ4n) is 5.30. The highest BCUT2D eigenvalue weighted by Gasteiger charge is 2.46. The van der Waals surface area contributed by atoms with Gasteiger partial charge in [-0.15, -0.1) is 11.3 Å². The molecule has 1 aliphatic rings. The van der Waals surface area contributed by atoms with Crippen molar-refractivity contribution in [2.24, 2.45) is 12.0 Å². The third kappa shape index (κ3) is 5.36. The van der Waals surface area contributed by atoms with Crippen LogP contribution in [0.3, 0.4) is 0 Å². The molecule has 3 heterocycles. The molecule has 0 saturated carbocycles. The van der Waals surface area contributed by atoms with Crippen molar-refractivity contribution in [1.29, 1.82) is 0 Å². The smallest absolute Gasteiger partial charge is 0.320 e. The standard InChI is InChI=1S/C27H30ClN4O4S3/c1-29-27-31(2)23(24(34)25-30-11-14-37-25)26(38-27)32(12-4-3-5-13-32)22(33)10-15-39(35,36)21-9-7-18-16-20(28)8-6-19(18)17-21/h6-9,11,14,16-17,24,34H,3-5,10,12-13,15H2,1-2H3/q+1. The van der Waals surface area contributed by atoms with Crippen molar-refractivity contribution in [3.63, 3.8) is 0 Å². The van der Waals surface area contributed by atoms with E-state index >= 15 is 0 Å². The molecule has 1 aliphatic heterocycles. The Hall–Kier alpha value is -2.41. The summed E-state index contributed by atoms with van der Waals surface area (Å²) in [6.07, 6.45) is 3.16. The molecule has 1 atom stereocenters. The van der Waals surface area contributed by atoms with E-state index in [-0.39, 0.29) is 27.5 Å². The predicted molar refractivity (Wildman–Crippen MR) is 157 cm³/mol. The van der Waals surface area contributed by atoms with Crippen LogP contribution in [-0.4, -0.2) is 54.9 Å². The Balaban J connectivity index is 1.49. The number of hydrogen-bond acceptors (Lipinski definition) is 8. The molecule has 1 fully saturated rings. The molecule has 2 aromatic heterocycles. The summed E-state index contributed by atoms with van der Waals surface area (Å²) in [7, 11) is -0.204. The topological polar surface area (TPSA) is 102 Å². The number of likely N-dealkylation sites (tertiary alicyclic amines) is 1. The van der Waals surface area contributed by atoms with Crippen molar-refractivity contribution in [1.82, 2.24) is 14.0 Å². The highest BCUT2D eigenvalue weighted by molar-refractivity contribution is 7.91. The van der Waals surface area contributed by atoms with E-state index in [1.807, 2.05) is 11.6 Å². The van der Waals surface area contributed by atoms with Gasteiger partial charge in [-0.05, 0) is 65.6 Å². The molecular weight excluding hydrogens is 576 g/mol. The Labute approximate surface area is 240 Å². The number of thiazole rings is 2. The van der Waals surface area contributed by atoms with Crippen LogP contribution in [0.1, 0.15) is 42.5 Å². The van der Waals surface area contributed by atoms with Gasteiger partial charge in [-0.2, -0.15) is 0 Å². The first-order valence-corrected chi connectivity index (χ1v) is 16.4. The fourth-order valence-corrected chi connectivity index (χ4v) is 8.68. The van der Waals surface area contributed by atoms with Crippen LogP contribution in [-0.2, 0) is 21.7 Å². The molecular formula is C27H30ClN4O4S3+. The zero-order valence-electron chi connectivity index (χ0n) is 21.7. The Morgan fingerprint density at radius 1 is 1.18 bits per heavy atom. The van der Waals surface area contributed by atoms with Gasteiger partial charge in [-0.25, -0.2) is 22.7 Å². The molecule has 4 aromatic rings. The minimum Gasteiger partial charge on any atom is -0.379 e. The second-order valence-corrected chi connectivity index (χ2v) is 14.1. The maximum absolute atomic E-state index is 14.1. The molecule has 39 heavy (non-hydrogen) atoms. The number of rotatable bonds is 7. The lowest BCUT2D eigenvalue weighted by atomic mass is 10.1. The van der Waals surface area contributed by atoms with Crippen LogP contribution in [0, 0.1) is 0 Å². The lowest BCUT2D eigenvalue weighted by molar-refractivity contribution is -0.130. The summed E-state index contributed by atoms with van der Waals surface area (Å²) < 4.78 is 28.6. The minimum atomic E-state index is -3.72. The molecule has 0 aliphatic carbocycles. The van der Waals surface area contributed by atoms with Crippen LogP contribution >= 0.6 is 34.3 Å². The Kier molecular flexibility index (Phi) is 8.10. The zero-order valence-corrected chi connectivity index (χ0v) is 24.9. The quantitative estimate of drug-likeness (QED) is 0.304. The molecule has 12 heteroatoms. The van der Waals surface area contributed by atoms with Crippen molar-refractivity contribution >= 4 is 65.8 Å². The Morgan fingerprint density at radius 3 is 2.59 bits per heavy atom. The maximum atomic E-state index is 14.1. The number of piperidine rings is 1. The number of aliphatic hydroxyl groups is 1. The van der Waals surface area contributed by atoms with Crippen LogP contribution < -0.4 is 9.28 Å². The van der Waals surface area contributed by atoms with Gasteiger partial charge in [0.15, 0.2) is 20.7 Å². The molecule has 5 rings (SSSR count). The largest absolute Gasteiger partial charge is 0.379 e. The second kappa shape index (κ2) is 11.2. The minimum absolute atomic E-state index is 0.0114. The molecule has 1 unspecified atom stereocenters. The number of carbonyl (C=O) groups is 1. The molecule has 0 spiro atoms. The van der Waals surface area contributed by atoms with Crippen LogP contribution in [0.4, 0.5) is 5.00 Å². The molecule has 1 saturated heterocycles. The number of aromatic nitrogens is 2. The summed E-state index contributed by atoms with van der Waals surface area (Å²) in [5.41, 5.74) is 0.585. The molecule has 8 nitrogen and oxygen atoms in total. The van der Waals surface area contributed by atoms with E-state index in [0.717, 1.165) is 30.0 Å². The highest BCUT2D eigenvalue weighted by atomic mass is 35.5. The first-order valence-electron chi connectivity index (χ1n) is 12.7. The van der Waals surface area contributed by atoms with E-state index in [9.17, 15) is 18.3 Å². The summed E-state index contributed by atoms with van der Waals surface area (Å²) in [5, 5.41) is 16.6. The van der Waals surface area contributed by atoms with Crippen LogP contribution in [0.15, 0.2) is 57.9 Å². The maximum Gasteiger partial charge on any atom is 0.320 e. The highest BCUT2D eigenvalue weighted by Crippen LogP contribution is 2.40. The molecule has 2 aromatic carbocycles. The van der Waals surface area contributed by atoms with Gasteiger partial charge >= 0.3 is 5.91 Å².